The molecule has 4 nitrogen and oxygen atoms in total. The monoisotopic (exact) mass is 434 g/mol. The zero-order chi connectivity index (χ0) is 22.6. The average Bonchev–Trinajstić information content (AvgIpc) is 2.68. The summed E-state index contributed by atoms with van der Waals surface area (Å²) in [4.78, 5) is 25.3. The van der Waals surface area contributed by atoms with Gasteiger partial charge in [-0.25, -0.2) is 9.59 Å². The SMILES string of the molecule is CCCCCCCCCCCOC(=O)c1ccccc1C(=O)O[Si](C)(C)C(C)(C)C. The van der Waals surface area contributed by atoms with Gasteiger partial charge in [-0.05, 0) is 36.7 Å². The number of unbranched alkanes of at least 4 members (excludes halogenated alkanes) is 8. The number of hydrogen-bond acceptors (Lipinski definition) is 4. The highest BCUT2D eigenvalue weighted by atomic mass is 28.4. The summed E-state index contributed by atoms with van der Waals surface area (Å²) in [5, 5.41) is -0.0892. The minimum Gasteiger partial charge on any atom is -0.516 e. The van der Waals surface area contributed by atoms with Gasteiger partial charge in [0.1, 0.15) is 0 Å². The summed E-state index contributed by atoms with van der Waals surface area (Å²) < 4.78 is 11.3. The summed E-state index contributed by atoms with van der Waals surface area (Å²) in [5.74, 6) is -0.880. The van der Waals surface area contributed by atoms with Crippen molar-refractivity contribution < 1.29 is 18.8 Å². The van der Waals surface area contributed by atoms with Gasteiger partial charge in [-0.1, -0.05) is 91.2 Å². The van der Waals surface area contributed by atoms with Gasteiger partial charge >= 0.3 is 11.9 Å². The van der Waals surface area contributed by atoms with E-state index >= 15 is 0 Å². The van der Waals surface area contributed by atoms with E-state index in [2.05, 4.69) is 27.7 Å². The molecule has 0 bridgehead atoms. The van der Waals surface area contributed by atoms with Crippen LogP contribution in [0.3, 0.4) is 0 Å². The Balaban J connectivity index is 2.48. The minimum atomic E-state index is -2.27. The number of carbonyl (C=O) groups excluding carboxylic acids is 2. The molecule has 0 aliphatic rings. The fourth-order valence-corrected chi connectivity index (χ4v) is 3.81. The molecule has 1 aromatic rings. The molecule has 0 fully saturated rings. The molecular weight excluding hydrogens is 392 g/mol. The molecule has 170 valence electrons. The number of ether oxygens (including phenoxy) is 1. The van der Waals surface area contributed by atoms with Gasteiger partial charge in [0.05, 0.1) is 17.7 Å². The van der Waals surface area contributed by atoms with Crippen molar-refractivity contribution in [2.75, 3.05) is 6.61 Å². The van der Waals surface area contributed by atoms with E-state index in [4.69, 9.17) is 9.16 Å². The third kappa shape index (κ3) is 9.03. The topological polar surface area (TPSA) is 52.6 Å². The number of carbonyl (C=O) groups is 2. The predicted molar refractivity (Wildman–Crippen MR) is 127 cm³/mol. The Morgan fingerprint density at radius 2 is 1.27 bits per heavy atom. The maximum Gasteiger partial charge on any atom is 0.339 e. The normalized spacial score (nSPS) is 11.9. The third-order valence-electron chi connectivity index (χ3n) is 6.00. The fourth-order valence-electron chi connectivity index (χ4n) is 2.93. The summed E-state index contributed by atoms with van der Waals surface area (Å²) in [6, 6.07) is 6.78. The highest BCUT2D eigenvalue weighted by Crippen LogP contribution is 2.37. The summed E-state index contributed by atoms with van der Waals surface area (Å²) >= 11 is 0. The predicted octanol–water partition coefficient (Wildman–Crippen LogP) is 7.54. The molecule has 1 aromatic carbocycles. The van der Waals surface area contributed by atoms with E-state index in [1.54, 1.807) is 24.3 Å². The van der Waals surface area contributed by atoms with Crippen LogP contribution in [0.1, 0.15) is 106 Å². The average molecular weight is 435 g/mol. The van der Waals surface area contributed by atoms with Gasteiger partial charge in [0, 0.05) is 0 Å². The van der Waals surface area contributed by atoms with E-state index in [0.717, 1.165) is 12.8 Å². The molecule has 0 spiro atoms. The maximum atomic E-state index is 12.8. The summed E-state index contributed by atoms with van der Waals surface area (Å²) in [6.45, 7) is 12.9. The third-order valence-corrected chi connectivity index (χ3v) is 10.3. The standard InChI is InChI=1S/C25H42O4Si/c1-7-8-9-10-11-12-13-14-17-20-28-23(26)21-18-15-16-19-22(21)24(27)29-30(5,6)25(2,3)4/h15-16,18-19H,7-14,17,20H2,1-6H3. The minimum absolute atomic E-state index is 0.0892. The second-order valence-electron chi connectivity index (χ2n) is 9.66. The first-order valence-electron chi connectivity index (χ1n) is 11.6. The lowest BCUT2D eigenvalue weighted by atomic mass is 10.1. The number of hydrogen-bond donors (Lipinski definition) is 0. The van der Waals surface area contributed by atoms with Crippen molar-refractivity contribution in [3.63, 3.8) is 0 Å². The van der Waals surface area contributed by atoms with Crippen LogP contribution >= 0.6 is 0 Å². The van der Waals surface area contributed by atoms with Gasteiger partial charge in [0.15, 0.2) is 0 Å². The van der Waals surface area contributed by atoms with E-state index in [1.165, 1.54) is 44.9 Å². The van der Waals surface area contributed by atoms with Crippen molar-refractivity contribution in [3.8, 4) is 0 Å². The molecule has 0 saturated carbocycles. The molecule has 0 heterocycles. The molecular formula is C25H42O4Si. The maximum absolute atomic E-state index is 12.8. The lowest BCUT2D eigenvalue weighted by Gasteiger charge is -2.35. The smallest absolute Gasteiger partial charge is 0.339 e. The Morgan fingerprint density at radius 3 is 1.77 bits per heavy atom. The van der Waals surface area contributed by atoms with E-state index < -0.39 is 20.3 Å². The fraction of sp³-hybridized carbons (Fsp3) is 0.680. The van der Waals surface area contributed by atoms with E-state index in [0.29, 0.717) is 12.2 Å². The molecule has 0 radical (unpaired) electrons. The van der Waals surface area contributed by atoms with Crippen LogP contribution < -0.4 is 0 Å². The number of benzene rings is 1. The molecule has 0 amide bonds. The molecule has 0 aliphatic heterocycles. The second-order valence-corrected chi connectivity index (χ2v) is 14.4. The van der Waals surface area contributed by atoms with Crippen LogP contribution in [0, 0.1) is 0 Å². The molecule has 0 atom stereocenters. The molecule has 0 aromatic heterocycles. The van der Waals surface area contributed by atoms with Crippen molar-refractivity contribution in [3.05, 3.63) is 35.4 Å². The molecule has 0 unspecified atom stereocenters. The Kier molecular flexibility index (Phi) is 11.4. The van der Waals surface area contributed by atoms with Crippen molar-refractivity contribution >= 4 is 20.3 Å². The van der Waals surface area contributed by atoms with Gasteiger partial charge < -0.3 is 9.16 Å². The Bertz CT molecular complexity index is 661. The van der Waals surface area contributed by atoms with Crippen molar-refractivity contribution in [1.82, 2.24) is 0 Å². The number of rotatable bonds is 13. The highest BCUT2D eigenvalue weighted by Gasteiger charge is 2.41. The van der Waals surface area contributed by atoms with Crippen LogP contribution in [0.4, 0.5) is 0 Å². The lowest BCUT2D eigenvalue weighted by molar-refractivity contribution is 0.0488. The van der Waals surface area contributed by atoms with Crippen LogP contribution in [0.5, 0.6) is 0 Å². The zero-order valence-corrected chi connectivity index (χ0v) is 21.0. The molecule has 0 N–H and O–H groups in total. The van der Waals surface area contributed by atoms with Gasteiger partial charge in [-0.2, -0.15) is 0 Å². The van der Waals surface area contributed by atoms with Gasteiger partial charge in [-0.3, -0.25) is 0 Å². The summed E-state index contributed by atoms with van der Waals surface area (Å²) in [5.41, 5.74) is 0.580. The van der Waals surface area contributed by atoms with Crippen LogP contribution in [0.2, 0.25) is 18.1 Å². The Hall–Kier alpha value is -1.62. The summed E-state index contributed by atoms with van der Waals surface area (Å²) in [6.07, 6.45) is 10.9. The van der Waals surface area contributed by atoms with Crippen LogP contribution in [0.15, 0.2) is 24.3 Å². The molecule has 0 aliphatic carbocycles. The molecule has 1 rings (SSSR count). The van der Waals surface area contributed by atoms with Crippen LogP contribution in [-0.2, 0) is 9.16 Å². The number of esters is 1. The van der Waals surface area contributed by atoms with Crippen LogP contribution in [0.25, 0.3) is 0 Å². The van der Waals surface area contributed by atoms with Crippen molar-refractivity contribution in [2.24, 2.45) is 0 Å². The van der Waals surface area contributed by atoms with E-state index in [9.17, 15) is 9.59 Å². The first-order chi connectivity index (χ1) is 14.1. The van der Waals surface area contributed by atoms with Crippen molar-refractivity contribution in [1.29, 1.82) is 0 Å². The van der Waals surface area contributed by atoms with Crippen molar-refractivity contribution in [2.45, 2.75) is 104 Å². The lowest BCUT2D eigenvalue weighted by Crippen LogP contribution is -2.42. The van der Waals surface area contributed by atoms with E-state index in [1.807, 2.05) is 13.1 Å². The second kappa shape index (κ2) is 12.9. The quantitative estimate of drug-likeness (QED) is 0.183. The largest absolute Gasteiger partial charge is 0.516 e. The first-order valence-corrected chi connectivity index (χ1v) is 14.5. The zero-order valence-electron chi connectivity index (χ0n) is 20.0. The highest BCUT2D eigenvalue weighted by molar-refractivity contribution is 6.75. The molecule has 0 saturated heterocycles. The van der Waals surface area contributed by atoms with Gasteiger partial charge in [-0.15, -0.1) is 0 Å². The molecule has 30 heavy (non-hydrogen) atoms. The van der Waals surface area contributed by atoms with Gasteiger partial charge in [0.25, 0.3) is 8.32 Å². The Labute approximate surface area is 184 Å². The summed E-state index contributed by atoms with van der Waals surface area (Å²) in [7, 11) is -2.27. The Morgan fingerprint density at radius 1 is 0.800 bits per heavy atom. The molecule has 5 heteroatoms. The first kappa shape index (κ1) is 26.4. The van der Waals surface area contributed by atoms with Crippen LogP contribution in [-0.4, -0.2) is 26.9 Å². The van der Waals surface area contributed by atoms with Gasteiger partial charge in [0.2, 0.25) is 0 Å². The van der Waals surface area contributed by atoms with E-state index in [-0.39, 0.29) is 10.6 Å².